The second kappa shape index (κ2) is 11.3. The van der Waals surface area contributed by atoms with Crippen LogP contribution in [0, 0.1) is 11.8 Å². The van der Waals surface area contributed by atoms with Gasteiger partial charge in [0.05, 0.1) is 12.2 Å². The molecule has 0 N–H and O–H groups in total. The van der Waals surface area contributed by atoms with Gasteiger partial charge >= 0.3 is 0 Å². The van der Waals surface area contributed by atoms with Crippen molar-refractivity contribution in [2.24, 2.45) is 0 Å². The van der Waals surface area contributed by atoms with E-state index in [-0.39, 0.29) is 0 Å². The van der Waals surface area contributed by atoms with Crippen LogP contribution >= 0.6 is 11.3 Å². The van der Waals surface area contributed by atoms with Gasteiger partial charge in [0.1, 0.15) is 12.4 Å². The number of hydrogen-bond donors (Lipinski definition) is 0. The fourth-order valence-corrected chi connectivity index (χ4v) is 4.03. The van der Waals surface area contributed by atoms with Crippen molar-refractivity contribution in [3.8, 4) is 28.7 Å². The molecule has 0 amide bonds. The SMILES string of the molecule is CCN(CC#Cc1ccccc1)Cc1cccc(OCc2cc(-c3ccsc3)ccn2)c1. The van der Waals surface area contributed by atoms with E-state index in [2.05, 4.69) is 63.7 Å². The molecule has 0 saturated carbocycles. The first-order chi connectivity index (χ1) is 15.8. The van der Waals surface area contributed by atoms with Gasteiger partial charge in [0.15, 0.2) is 0 Å². The van der Waals surface area contributed by atoms with E-state index in [0.29, 0.717) is 6.61 Å². The zero-order valence-electron chi connectivity index (χ0n) is 18.2. The third kappa shape index (κ3) is 6.31. The van der Waals surface area contributed by atoms with Crippen molar-refractivity contribution in [3.05, 3.63) is 107 Å². The van der Waals surface area contributed by atoms with E-state index < -0.39 is 0 Å². The number of thiophene rings is 1. The molecule has 0 radical (unpaired) electrons. The largest absolute Gasteiger partial charge is 0.487 e. The average molecular weight is 439 g/mol. The molecule has 160 valence electrons. The van der Waals surface area contributed by atoms with Crippen molar-refractivity contribution in [2.75, 3.05) is 13.1 Å². The number of nitrogens with zero attached hydrogens (tertiary/aromatic N) is 2. The van der Waals surface area contributed by atoms with E-state index >= 15 is 0 Å². The van der Waals surface area contributed by atoms with Crippen LogP contribution in [0.15, 0.2) is 89.8 Å². The van der Waals surface area contributed by atoms with Gasteiger partial charge in [-0.1, -0.05) is 49.1 Å². The molecular formula is C28H26N2OS. The van der Waals surface area contributed by atoms with Crippen LogP contribution in [0.1, 0.15) is 23.7 Å². The lowest BCUT2D eigenvalue weighted by atomic mass is 10.1. The van der Waals surface area contributed by atoms with Crippen LogP contribution < -0.4 is 4.74 Å². The smallest absolute Gasteiger partial charge is 0.130 e. The molecule has 0 spiro atoms. The Morgan fingerprint density at radius 2 is 1.88 bits per heavy atom. The number of hydrogen-bond acceptors (Lipinski definition) is 4. The van der Waals surface area contributed by atoms with Gasteiger partial charge in [-0.25, -0.2) is 0 Å². The minimum Gasteiger partial charge on any atom is -0.487 e. The number of aromatic nitrogens is 1. The summed E-state index contributed by atoms with van der Waals surface area (Å²) in [6.45, 7) is 5.12. The maximum atomic E-state index is 6.05. The fraction of sp³-hybridized carbons (Fsp3) is 0.179. The van der Waals surface area contributed by atoms with Gasteiger partial charge < -0.3 is 4.74 Å². The molecule has 0 atom stereocenters. The summed E-state index contributed by atoms with van der Waals surface area (Å²) in [4.78, 5) is 6.78. The van der Waals surface area contributed by atoms with Gasteiger partial charge in [-0.3, -0.25) is 9.88 Å². The van der Waals surface area contributed by atoms with Gasteiger partial charge in [-0.2, -0.15) is 11.3 Å². The lowest BCUT2D eigenvalue weighted by Crippen LogP contribution is -2.23. The highest BCUT2D eigenvalue weighted by Gasteiger charge is 2.05. The van der Waals surface area contributed by atoms with Gasteiger partial charge in [0.2, 0.25) is 0 Å². The third-order valence-corrected chi connectivity index (χ3v) is 5.80. The molecule has 0 aliphatic heterocycles. The Balaban J connectivity index is 1.35. The van der Waals surface area contributed by atoms with Crippen LogP contribution in [-0.4, -0.2) is 23.0 Å². The number of rotatable bonds is 8. The molecule has 0 unspecified atom stereocenters. The van der Waals surface area contributed by atoms with Crippen molar-refractivity contribution in [3.63, 3.8) is 0 Å². The van der Waals surface area contributed by atoms with Crippen LogP contribution in [0.5, 0.6) is 5.75 Å². The summed E-state index contributed by atoms with van der Waals surface area (Å²) < 4.78 is 6.05. The Hall–Kier alpha value is -3.39. The topological polar surface area (TPSA) is 25.4 Å². The minimum absolute atomic E-state index is 0.446. The van der Waals surface area contributed by atoms with E-state index in [1.807, 2.05) is 54.7 Å². The Kier molecular flexibility index (Phi) is 7.70. The summed E-state index contributed by atoms with van der Waals surface area (Å²) in [5.74, 6) is 7.38. The van der Waals surface area contributed by atoms with Crippen molar-refractivity contribution in [1.29, 1.82) is 0 Å². The van der Waals surface area contributed by atoms with Crippen molar-refractivity contribution < 1.29 is 4.74 Å². The van der Waals surface area contributed by atoms with Gasteiger partial charge in [0.25, 0.3) is 0 Å². The molecule has 0 saturated heterocycles. The molecule has 3 nitrogen and oxygen atoms in total. The first-order valence-corrected chi connectivity index (χ1v) is 11.7. The maximum absolute atomic E-state index is 6.05. The maximum Gasteiger partial charge on any atom is 0.130 e. The Labute approximate surface area is 194 Å². The van der Waals surface area contributed by atoms with E-state index in [4.69, 9.17) is 4.74 Å². The molecule has 2 aromatic carbocycles. The Bertz CT molecular complexity index is 1180. The van der Waals surface area contributed by atoms with Crippen LogP contribution in [0.3, 0.4) is 0 Å². The van der Waals surface area contributed by atoms with Crippen LogP contribution in [-0.2, 0) is 13.2 Å². The summed E-state index contributed by atoms with van der Waals surface area (Å²) >= 11 is 1.70. The van der Waals surface area contributed by atoms with Gasteiger partial charge in [0, 0.05) is 18.3 Å². The second-order valence-corrected chi connectivity index (χ2v) is 8.24. The number of pyridine rings is 1. The standard InChI is InChI=1S/C28H26N2OS/c1-2-30(16-7-11-23-8-4-3-5-9-23)20-24-10-6-12-28(18-24)31-21-27-19-25(13-15-29-27)26-14-17-32-22-26/h3-6,8-10,12-15,17-19,22H,2,16,20-21H2,1H3. The van der Waals surface area contributed by atoms with E-state index in [1.165, 1.54) is 16.7 Å². The Morgan fingerprint density at radius 1 is 0.969 bits per heavy atom. The summed E-state index contributed by atoms with van der Waals surface area (Å²) in [6, 6.07) is 24.6. The quantitative estimate of drug-likeness (QED) is 0.304. The predicted molar refractivity (Wildman–Crippen MR) is 133 cm³/mol. The average Bonchev–Trinajstić information content (AvgIpc) is 3.38. The summed E-state index contributed by atoms with van der Waals surface area (Å²) in [5, 5.41) is 4.23. The minimum atomic E-state index is 0.446. The van der Waals surface area contributed by atoms with Gasteiger partial charge in [-0.15, -0.1) is 0 Å². The van der Waals surface area contributed by atoms with Crippen molar-refractivity contribution in [1.82, 2.24) is 9.88 Å². The summed E-state index contributed by atoms with van der Waals surface area (Å²) in [7, 11) is 0. The lowest BCUT2D eigenvalue weighted by Gasteiger charge is -2.18. The first-order valence-electron chi connectivity index (χ1n) is 10.8. The zero-order valence-corrected chi connectivity index (χ0v) is 19.0. The molecule has 0 aliphatic rings. The Morgan fingerprint density at radius 3 is 2.69 bits per heavy atom. The second-order valence-electron chi connectivity index (χ2n) is 7.46. The first kappa shape index (κ1) is 21.8. The molecule has 0 fully saturated rings. The number of benzene rings is 2. The van der Waals surface area contributed by atoms with Crippen LogP contribution in [0.4, 0.5) is 0 Å². The number of ether oxygens (including phenoxy) is 1. The molecule has 4 rings (SSSR count). The van der Waals surface area contributed by atoms with E-state index in [1.54, 1.807) is 11.3 Å². The molecule has 0 aliphatic carbocycles. The molecule has 2 aromatic heterocycles. The molecule has 0 bridgehead atoms. The fourth-order valence-electron chi connectivity index (χ4n) is 3.37. The lowest BCUT2D eigenvalue weighted by molar-refractivity contribution is 0.297. The normalized spacial score (nSPS) is 10.6. The van der Waals surface area contributed by atoms with E-state index in [0.717, 1.165) is 36.6 Å². The highest BCUT2D eigenvalue weighted by Crippen LogP contribution is 2.23. The zero-order chi connectivity index (χ0) is 22.0. The molecule has 32 heavy (non-hydrogen) atoms. The molecule has 4 aromatic rings. The van der Waals surface area contributed by atoms with E-state index in [9.17, 15) is 0 Å². The predicted octanol–water partition coefficient (Wildman–Crippen LogP) is 6.26. The molecular weight excluding hydrogens is 412 g/mol. The van der Waals surface area contributed by atoms with Crippen LogP contribution in [0.25, 0.3) is 11.1 Å². The van der Waals surface area contributed by atoms with Crippen LogP contribution in [0.2, 0.25) is 0 Å². The van der Waals surface area contributed by atoms with Crippen molar-refractivity contribution in [2.45, 2.75) is 20.1 Å². The van der Waals surface area contributed by atoms with Crippen molar-refractivity contribution >= 4 is 11.3 Å². The monoisotopic (exact) mass is 438 g/mol. The highest BCUT2D eigenvalue weighted by atomic mass is 32.1. The third-order valence-electron chi connectivity index (χ3n) is 5.12. The summed E-state index contributed by atoms with van der Waals surface area (Å²) in [6.07, 6.45) is 1.84. The van der Waals surface area contributed by atoms with Gasteiger partial charge in [-0.05, 0) is 76.5 Å². The molecule has 4 heteroatoms. The molecule has 2 heterocycles. The highest BCUT2D eigenvalue weighted by molar-refractivity contribution is 7.08. The summed E-state index contributed by atoms with van der Waals surface area (Å²) in [5.41, 5.74) is 5.58.